The van der Waals surface area contributed by atoms with Crippen molar-refractivity contribution in [2.45, 2.75) is 6.92 Å². The number of rotatable bonds is 4. The van der Waals surface area contributed by atoms with Gasteiger partial charge < -0.3 is 9.63 Å². The number of carbonyl (C=O) groups is 2. The largest absolute Gasteiger partial charge is 0.478 e. The zero-order chi connectivity index (χ0) is 15.4. The van der Waals surface area contributed by atoms with E-state index in [9.17, 15) is 14.0 Å². The fraction of sp³-hybridized carbons (Fsp3) is 0.0769. The van der Waals surface area contributed by atoms with E-state index in [1.807, 2.05) is 0 Å². The standard InChI is InChI=1S/C13H10FN3O4/c1-7-15-13(21-17-7)16-12(20)9-3-2-8(10(14)6-9)4-5-11(18)19/h2-6H,1H3,(H,18,19)(H,15,16,17,20)/b5-4+. The summed E-state index contributed by atoms with van der Waals surface area (Å²) < 4.78 is 18.4. The van der Waals surface area contributed by atoms with Gasteiger partial charge in [0, 0.05) is 17.2 Å². The molecule has 0 spiro atoms. The third kappa shape index (κ3) is 3.72. The van der Waals surface area contributed by atoms with Crippen LogP contribution in [0.15, 0.2) is 28.8 Å². The zero-order valence-electron chi connectivity index (χ0n) is 10.8. The number of hydrogen-bond donors (Lipinski definition) is 2. The molecule has 1 aromatic heterocycles. The van der Waals surface area contributed by atoms with Crippen molar-refractivity contribution in [2.75, 3.05) is 5.32 Å². The molecule has 108 valence electrons. The van der Waals surface area contributed by atoms with Gasteiger partial charge in [-0.1, -0.05) is 11.2 Å². The Kier molecular flexibility index (Phi) is 4.07. The van der Waals surface area contributed by atoms with Gasteiger partial charge >= 0.3 is 12.0 Å². The molecule has 2 N–H and O–H groups in total. The highest BCUT2D eigenvalue weighted by atomic mass is 19.1. The Hall–Kier alpha value is -3.03. The van der Waals surface area contributed by atoms with Crippen LogP contribution in [0.3, 0.4) is 0 Å². The van der Waals surface area contributed by atoms with Crippen LogP contribution in [-0.4, -0.2) is 27.1 Å². The van der Waals surface area contributed by atoms with Gasteiger partial charge in [0.25, 0.3) is 5.91 Å². The lowest BCUT2D eigenvalue weighted by atomic mass is 10.1. The Balaban J connectivity index is 2.15. The highest BCUT2D eigenvalue weighted by Crippen LogP contribution is 2.14. The number of carboxylic acids is 1. The van der Waals surface area contributed by atoms with Crippen molar-refractivity contribution in [3.63, 3.8) is 0 Å². The van der Waals surface area contributed by atoms with Gasteiger partial charge in [0.05, 0.1) is 0 Å². The molecular weight excluding hydrogens is 281 g/mol. The maximum atomic E-state index is 13.7. The van der Waals surface area contributed by atoms with E-state index in [1.165, 1.54) is 12.1 Å². The van der Waals surface area contributed by atoms with Gasteiger partial charge in [-0.25, -0.2) is 9.18 Å². The molecule has 0 atom stereocenters. The number of hydrogen-bond acceptors (Lipinski definition) is 5. The highest BCUT2D eigenvalue weighted by molar-refractivity contribution is 6.03. The molecule has 2 aromatic rings. The van der Waals surface area contributed by atoms with Crippen molar-refractivity contribution in [1.82, 2.24) is 10.1 Å². The number of anilines is 1. The van der Waals surface area contributed by atoms with E-state index < -0.39 is 17.7 Å². The van der Waals surface area contributed by atoms with Crippen molar-refractivity contribution in [3.8, 4) is 0 Å². The molecule has 21 heavy (non-hydrogen) atoms. The maximum absolute atomic E-state index is 13.7. The van der Waals surface area contributed by atoms with E-state index in [0.717, 1.165) is 18.2 Å². The van der Waals surface area contributed by atoms with Gasteiger partial charge in [-0.15, -0.1) is 0 Å². The van der Waals surface area contributed by atoms with E-state index in [1.54, 1.807) is 6.92 Å². The summed E-state index contributed by atoms with van der Waals surface area (Å²) in [6.07, 6.45) is 1.90. The monoisotopic (exact) mass is 291 g/mol. The van der Waals surface area contributed by atoms with Crippen LogP contribution in [0.25, 0.3) is 6.08 Å². The second-order valence-corrected chi connectivity index (χ2v) is 4.01. The van der Waals surface area contributed by atoms with Crippen LogP contribution >= 0.6 is 0 Å². The molecule has 2 rings (SSSR count). The lowest BCUT2D eigenvalue weighted by Gasteiger charge is -2.02. The Bertz CT molecular complexity index is 724. The molecular formula is C13H10FN3O4. The van der Waals surface area contributed by atoms with E-state index in [2.05, 4.69) is 15.5 Å². The summed E-state index contributed by atoms with van der Waals surface area (Å²) in [5.74, 6) is -2.18. The Morgan fingerprint density at radius 3 is 2.76 bits per heavy atom. The predicted molar refractivity (Wildman–Crippen MR) is 70.1 cm³/mol. The summed E-state index contributed by atoms with van der Waals surface area (Å²) in [7, 11) is 0. The lowest BCUT2D eigenvalue weighted by molar-refractivity contribution is -0.131. The molecule has 0 unspecified atom stereocenters. The molecule has 0 saturated carbocycles. The van der Waals surface area contributed by atoms with Crippen molar-refractivity contribution in [1.29, 1.82) is 0 Å². The van der Waals surface area contributed by atoms with Crippen LogP contribution in [0.5, 0.6) is 0 Å². The van der Waals surface area contributed by atoms with Crippen LogP contribution in [0.1, 0.15) is 21.7 Å². The average Bonchev–Trinajstić information content (AvgIpc) is 2.82. The minimum absolute atomic E-state index is 0.0378. The van der Waals surface area contributed by atoms with Crippen molar-refractivity contribution >= 4 is 24.0 Å². The smallest absolute Gasteiger partial charge is 0.328 e. The van der Waals surface area contributed by atoms with Crippen molar-refractivity contribution < 1.29 is 23.6 Å². The number of carbonyl (C=O) groups excluding carboxylic acids is 1. The topological polar surface area (TPSA) is 105 Å². The first kappa shape index (κ1) is 14.4. The Morgan fingerprint density at radius 2 is 2.19 bits per heavy atom. The van der Waals surface area contributed by atoms with E-state index in [0.29, 0.717) is 5.82 Å². The molecule has 1 heterocycles. The number of aromatic nitrogens is 2. The number of aliphatic carboxylic acids is 1. The van der Waals surface area contributed by atoms with E-state index >= 15 is 0 Å². The van der Waals surface area contributed by atoms with Crippen LogP contribution in [0.4, 0.5) is 10.4 Å². The van der Waals surface area contributed by atoms with E-state index in [4.69, 9.17) is 9.63 Å². The second-order valence-electron chi connectivity index (χ2n) is 4.01. The van der Waals surface area contributed by atoms with Crippen LogP contribution < -0.4 is 5.32 Å². The van der Waals surface area contributed by atoms with Gasteiger partial charge in [-0.3, -0.25) is 10.1 Å². The minimum atomic E-state index is -1.19. The van der Waals surface area contributed by atoms with Crippen molar-refractivity contribution in [3.05, 3.63) is 47.0 Å². The number of aryl methyl sites for hydroxylation is 1. The molecule has 8 heteroatoms. The summed E-state index contributed by atoms with van der Waals surface area (Å²) in [6.45, 7) is 1.59. The summed E-state index contributed by atoms with van der Waals surface area (Å²) in [4.78, 5) is 26.0. The van der Waals surface area contributed by atoms with Gasteiger partial charge in [0.15, 0.2) is 5.82 Å². The van der Waals surface area contributed by atoms with Crippen LogP contribution in [-0.2, 0) is 4.79 Å². The SMILES string of the molecule is Cc1noc(NC(=O)c2ccc(/C=C/C(=O)O)c(F)c2)n1. The third-order valence-corrected chi connectivity index (χ3v) is 2.42. The minimum Gasteiger partial charge on any atom is -0.478 e. The molecule has 0 aliphatic carbocycles. The first-order valence-electron chi connectivity index (χ1n) is 5.78. The Morgan fingerprint density at radius 1 is 1.43 bits per heavy atom. The van der Waals surface area contributed by atoms with Gasteiger partial charge in [0.2, 0.25) is 0 Å². The maximum Gasteiger partial charge on any atom is 0.328 e. The fourth-order valence-corrected chi connectivity index (χ4v) is 1.48. The lowest BCUT2D eigenvalue weighted by Crippen LogP contribution is -2.12. The highest BCUT2D eigenvalue weighted by Gasteiger charge is 2.12. The predicted octanol–water partition coefficient (Wildman–Crippen LogP) is 1.87. The van der Waals surface area contributed by atoms with Gasteiger partial charge in [-0.05, 0) is 25.1 Å². The number of halogens is 1. The number of nitrogens with zero attached hydrogens (tertiary/aromatic N) is 2. The first-order chi connectivity index (χ1) is 9.95. The fourth-order valence-electron chi connectivity index (χ4n) is 1.48. The summed E-state index contributed by atoms with van der Waals surface area (Å²) in [5.41, 5.74) is 0.0958. The molecule has 1 aromatic carbocycles. The molecule has 0 fully saturated rings. The molecule has 0 aliphatic heterocycles. The summed E-state index contributed by atoms with van der Waals surface area (Å²) >= 11 is 0. The average molecular weight is 291 g/mol. The van der Waals surface area contributed by atoms with Gasteiger partial charge in [-0.2, -0.15) is 4.98 Å². The van der Waals surface area contributed by atoms with Crippen LogP contribution in [0.2, 0.25) is 0 Å². The van der Waals surface area contributed by atoms with E-state index in [-0.39, 0.29) is 17.1 Å². The Labute approximate surface area is 118 Å². The van der Waals surface area contributed by atoms with Crippen molar-refractivity contribution in [2.24, 2.45) is 0 Å². The van der Waals surface area contributed by atoms with Gasteiger partial charge in [0.1, 0.15) is 5.82 Å². The molecule has 0 bridgehead atoms. The zero-order valence-corrected chi connectivity index (χ0v) is 10.8. The summed E-state index contributed by atoms with van der Waals surface area (Å²) in [6, 6.07) is 3.54. The molecule has 0 radical (unpaired) electrons. The molecule has 0 aliphatic rings. The molecule has 1 amide bonds. The second kappa shape index (κ2) is 5.95. The molecule has 0 saturated heterocycles. The first-order valence-corrected chi connectivity index (χ1v) is 5.78. The molecule has 7 nitrogen and oxygen atoms in total. The third-order valence-electron chi connectivity index (χ3n) is 2.42. The summed E-state index contributed by atoms with van der Waals surface area (Å²) in [5, 5.41) is 14.3. The number of nitrogens with one attached hydrogen (secondary N) is 1. The quantitative estimate of drug-likeness (QED) is 0.833. The number of carboxylic acid groups (broad SMARTS) is 1. The normalized spacial score (nSPS) is 10.8. The van der Waals surface area contributed by atoms with Crippen LogP contribution in [0, 0.1) is 12.7 Å². The number of amides is 1. The number of benzene rings is 1.